The van der Waals surface area contributed by atoms with Crippen LogP contribution in [0.2, 0.25) is 0 Å². The molecule has 1 heteroatoms. The van der Waals surface area contributed by atoms with Gasteiger partial charge < -0.3 is 4.79 Å². The molecule has 0 saturated heterocycles. The van der Waals surface area contributed by atoms with Crippen LogP contribution >= 0.6 is 0 Å². The highest BCUT2D eigenvalue weighted by molar-refractivity contribution is 5.49. The molecular weight excluding hydrogens is 232 g/mol. The number of hydrogen-bond donors (Lipinski definition) is 0. The van der Waals surface area contributed by atoms with Gasteiger partial charge in [0, 0.05) is 6.42 Å². The van der Waals surface area contributed by atoms with E-state index in [9.17, 15) is 4.79 Å². The molecule has 1 nitrogen and oxygen atoms in total. The second kappa shape index (κ2) is 15.7. The molecule has 0 amide bonds. The molecule has 0 radical (unpaired) electrons. The minimum Gasteiger partial charge on any atom is -0.303 e. The third kappa shape index (κ3) is 15.6. The quantitative estimate of drug-likeness (QED) is 0.251. The van der Waals surface area contributed by atoms with Crippen molar-refractivity contribution in [1.29, 1.82) is 0 Å². The molecule has 0 aromatic rings. The third-order valence-electron chi connectivity index (χ3n) is 4.05. The van der Waals surface area contributed by atoms with Crippen LogP contribution in [0.15, 0.2) is 0 Å². The van der Waals surface area contributed by atoms with Gasteiger partial charge in [-0.1, -0.05) is 97.3 Å². The van der Waals surface area contributed by atoms with Gasteiger partial charge in [0.25, 0.3) is 0 Å². The Morgan fingerprint density at radius 2 is 1.16 bits per heavy atom. The molecule has 0 aliphatic carbocycles. The summed E-state index contributed by atoms with van der Waals surface area (Å²) in [6.07, 6.45) is 19.9. The van der Waals surface area contributed by atoms with Gasteiger partial charge in [0.2, 0.25) is 0 Å². The van der Waals surface area contributed by atoms with Gasteiger partial charge in [-0.3, -0.25) is 0 Å². The first kappa shape index (κ1) is 18.7. The van der Waals surface area contributed by atoms with Crippen molar-refractivity contribution in [3.05, 3.63) is 0 Å². The molecule has 0 bridgehead atoms. The van der Waals surface area contributed by atoms with Gasteiger partial charge in [0.1, 0.15) is 6.29 Å². The van der Waals surface area contributed by atoms with Gasteiger partial charge in [-0.05, 0) is 5.92 Å². The van der Waals surface area contributed by atoms with Gasteiger partial charge in [-0.2, -0.15) is 0 Å². The molecule has 0 aromatic heterocycles. The SMILES string of the molecule is CCCCCCCCCCCCCCC(C)CC=O. The van der Waals surface area contributed by atoms with E-state index in [2.05, 4.69) is 13.8 Å². The number of hydrogen-bond acceptors (Lipinski definition) is 1. The van der Waals surface area contributed by atoms with Gasteiger partial charge in [-0.15, -0.1) is 0 Å². The molecule has 0 saturated carbocycles. The van der Waals surface area contributed by atoms with Crippen LogP contribution in [0.4, 0.5) is 0 Å². The Morgan fingerprint density at radius 3 is 1.58 bits per heavy atom. The maximum Gasteiger partial charge on any atom is 0.120 e. The van der Waals surface area contributed by atoms with Crippen LogP contribution in [0.1, 0.15) is 104 Å². The van der Waals surface area contributed by atoms with Gasteiger partial charge in [0.05, 0.1) is 0 Å². The third-order valence-corrected chi connectivity index (χ3v) is 4.05. The Hall–Kier alpha value is -0.330. The molecule has 114 valence electrons. The molecule has 0 heterocycles. The van der Waals surface area contributed by atoms with E-state index in [4.69, 9.17) is 0 Å². The first-order valence-electron chi connectivity index (χ1n) is 8.74. The summed E-state index contributed by atoms with van der Waals surface area (Å²) in [5.74, 6) is 0.598. The van der Waals surface area contributed by atoms with Crippen LogP contribution in [-0.4, -0.2) is 6.29 Å². The highest BCUT2D eigenvalue weighted by Gasteiger charge is 2.00. The lowest BCUT2D eigenvalue weighted by atomic mass is 9.99. The molecule has 19 heavy (non-hydrogen) atoms. The fourth-order valence-electron chi connectivity index (χ4n) is 2.62. The summed E-state index contributed by atoms with van der Waals surface area (Å²) in [5.41, 5.74) is 0. The van der Waals surface area contributed by atoms with Crippen molar-refractivity contribution in [1.82, 2.24) is 0 Å². The average Bonchev–Trinajstić information content (AvgIpc) is 2.40. The van der Waals surface area contributed by atoms with Crippen LogP contribution in [0, 0.1) is 5.92 Å². The van der Waals surface area contributed by atoms with E-state index in [1.807, 2.05) is 0 Å². The molecule has 1 atom stereocenters. The lowest BCUT2D eigenvalue weighted by Crippen LogP contribution is -1.95. The number of carbonyl (C=O) groups excluding carboxylic acids is 1. The van der Waals surface area contributed by atoms with Crippen molar-refractivity contribution in [3.8, 4) is 0 Å². The second-order valence-corrected chi connectivity index (χ2v) is 6.19. The Morgan fingerprint density at radius 1 is 0.737 bits per heavy atom. The van der Waals surface area contributed by atoms with Crippen LogP contribution in [0.3, 0.4) is 0 Å². The summed E-state index contributed by atoms with van der Waals surface area (Å²) in [7, 11) is 0. The number of unbranched alkanes of at least 4 members (excludes halogenated alkanes) is 11. The predicted octanol–water partition coefficient (Wildman–Crippen LogP) is 6.30. The van der Waals surface area contributed by atoms with E-state index in [0.29, 0.717) is 5.92 Å². The maximum atomic E-state index is 10.3. The standard InChI is InChI=1S/C18H36O/c1-3-4-5-6-7-8-9-10-11-12-13-14-15-18(2)16-17-19/h17-18H,3-16H2,1-2H3. The van der Waals surface area contributed by atoms with Gasteiger partial charge >= 0.3 is 0 Å². The monoisotopic (exact) mass is 268 g/mol. The molecule has 1 unspecified atom stereocenters. The summed E-state index contributed by atoms with van der Waals surface area (Å²) in [5, 5.41) is 0. The van der Waals surface area contributed by atoms with Crippen molar-refractivity contribution in [3.63, 3.8) is 0 Å². The normalized spacial score (nSPS) is 12.5. The van der Waals surface area contributed by atoms with E-state index < -0.39 is 0 Å². The Kier molecular flexibility index (Phi) is 15.5. The summed E-state index contributed by atoms with van der Waals surface area (Å²) in [6, 6.07) is 0. The zero-order valence-corrected chi connectivity index (χ0v) is 13.5. The largest absolute Gasteiger partial charge is 0.303 e. The Balaban J connectivity index is 3.00. The van der Waals surface area contributed by atoms with Crippen LogP contribution in [0.25, 0.3) is 0 Å². The number of carbonyl (C=O) groups is 1. The predicted molar refractivity (Wildman–Crippen MR) is 85.5 cm³/mol. The molecule has 0 rings (SSSR count). The minimum absolute atomic E-state index is 0.598. The van der Waals surface area contributed by atoms with E-state index in [-0.39, 0.29) is 0 Å². The van der Waals surface area contributed by atoms with Crippen molar-refractivity contribution < 1.29 is 4.79 Å². The summed E-state index contributed by atoms with van der Waals surface area (Å²) >= 11 is 0. The van der Waals surface area contributed by atoms with Crippen molar-refractivity contribution >= 4 is 6.29 Å². The molecule has 0 aliphatic rings. The zero-order chi connectivity index (χ0) is 14.2. The molecule has 0 fully saturated rings. The van der Waals surface area contributed by atoms with Crippen molar-refractivity contribution in [2.45, 2.75) is 104 Å². The van der Waals surface area contributed by atoms with Gasteiger partial charge in [-0.25, -0.2) is 0 Å². The molecule has 0 aliphatic heterocycles. The first-order valence-corrected chi connectivity index (χ1v) is 8.74. The van der Waals surface area contributed by atoms with Crippen molar-refractivity contribution in [2.24, 2.45) is 5.92 Å². The fourth-order valence-corrected chi connectivity index (χ4v) is 2.62. The van der Waals surface area contributed by atoms with Gasteiger partial charge in [0.15, 0.2) is 0 Å². The van der Waals surface area contributed by atoms with E-state index in [1.54, 1.807) is 0 Å². The van der Waals surface area contributed by atoms with Crippen molar-refractivity contribution in [2.75, 3.05) is 0 Å². The second-order valence-electron chi connectivity index (χ2n) is 6.19. The number of rotatable bonds is 15. The summed E-state index contributed by atoms with van der Waals surface area (Å²) < 4.78 is 0. The smallest absolute Gasteiger partial charge is 0.120 e. The average molecular weight is 268 g/mol. The highest BCUT2D eigenvalue weighted by atomic mass is 16.1. The topological polar surface area (TPSA) is 17.1 Å². The fraction of sp³-hybridized carbons (Fsp3) is 0.944. The van der Waals surface area contributed by atoms with E-state index >= 15 is 0 Å². The molecule has 0 N–H and O–H groups in total. The Bertz CT molecular complexity index is 177. The van der Waals surface area contributed by atoms with Crippen LogP contribution in [0.5, 0.6) is 0 Å². The lowest BCUT2D eigenvalue weighted by molar-refractivity contribution is -0.108. The van der Waals surface area contributed by atoms with E-state index in [1.165, 1.54) is 83.5 Å². The summed E-state index contributed by atoms with van der Waals surface area (Å²) in [4.78, 5) is 10.3. The number of aldehydes is 1. The molecule has 0 spiro atoms. The zero-order valence-electron chi connectivity index (χ0n) is 13.5. The molecular formula is C18H36O. The minimum atomic E-state index is 0.598. The maximum absolute atomic E-state index is 10.3. The highest BCUT2D eigenvalue weighted by Crippen LogP contribution is 2.15. The first-order chi connectivity index (χ1) is 9.31. The molecule has 0 aromatic carbocycles. The Labute approximate surface area is 121 Å². The van der Waals surface area contributed by atoms with Crippen LogP contribution in [-0.2, 0) is 4.79 Å². The summed E-state index contributed by atoms with van der Waals surface area (Å²) in [6.45, 7) is 4.46. The lowest BCUT2D eigenvalue weighted by Gasteiger charge is -2.07. The van der Waals surface area contributed by atoms with Crippen LogP contribution < -0.4 is 0 Å². The van der Waals surface area contributed by atoms with E-state index in [0.717, 1.165) is 12.7 Å².